The molecule has 2 aromatic rings. The average Bonchev–Trinajstić information content (AvgIpc) is 2.66. The summed E-state index contributed by atoms with van der Waals surface area (Å²) in [5, 5.41) is 4.62. The first-order valence-electron chi connectivity index (χ1n) is 9.31. The van der Waals surface area contributed by atoms with Crippen LogP contribution in [0, 0.1) is 0 Å². The molecular formula is C21H27BrCl2N2O. The van der Waals surface area contributed by atoms with E-state index < -0.39 is 0 Å². The minimum Gasteiger partial charge on any atom is -0.489 e. The fraction of sp³-hybridized carbons (Fsp3) is 0.429. The molecule has 2 rings (SSSR count). The second-order valence-corrected chi connectivity index (χ2v) is 8.08. The molecule has 0 aliphatic carbocycles. The maximum absolute atomic E-state index is 6.08. The van der Waals surface area contributed by atoms with E-state index in [1.54, 1.807) is 6.07 Å². The molecule has 0 heterocycles. The number of ether oxygens (including phenoxy) is 1. The summed E-state index contributed by atoms with van der Waals surface area (Å²) in [7, 11) is 0. The van der Waals surface area contributed by atoms with Crippen LogP contribution in [0.5, 0.6) is 5.75 Å². The standard InChI is InChI=1S/C21H27BrCl2N2O/c1-3-26(4-2)11-5-10-25-14-17-13-18(22)7-9-21(17)27-15-16-6-8-19(23)20(24)12-16/h6-9,12-13,25H,3-5,10-11,14-15H2,1-2H3. The van der Waals surface area contributed by atoms with E-state index >= 15 is 0 Å². The molecule has 148 valence electrons. The molecule has 0 amide bonds. The van der Waals surface area contributed by atoms with Gasteiger partial charge in [0.2, 0.25) is 0 Å². The Labute approximate surface area is 181 Å². The van der Waals surface area contributed by atoms with Crippen molar-refractivity contribution in [3.05, 3.63) is 62.0 Å². The van der Waals surface area contributed by atoms with Gasteiger partial charge >= 0.3 is 0 Å². The summed E-state index contributed by atoms with van der Waals surface area (Å²) in [6.45, 7) is 9.95. The highest BCUT2D eigenvalue weighted by Crippen LogP contribution is 2.26. The highest BCUT2D eigenvalue weighted by molar-refractivity contribution is 9.10. The van der Waals surface area contributed by atoms with Gasteiger partial charge in [-0.15, -0.1) is 0 Å². The summed E-state index contributed by atoms with van der Waals surface area (Å²) in [4.78, 5) is 2.44. The van der Waals surface area contributed by atoms with Crippen LogP contribution < -0.4 is 10.1 Å². The van der Waals surface area contributed by atoms with Crippen molar-refractivity contribution in [3.63, 3.8) is 0 Å². The SMILES string of the molecule is CCN(CC)CCCNCc1cc(Br)ccc1OCc1ccc(Cl)c(Cl)c1. The van der Waals surface area contributed by atoms with Gasteiger partial charge < -0.3 is 15.0 Å². The molecule has 0 aliphatic heterocycles. The molecule has 0 fully saturated rings. The number of rotatable bonds is 11. The first kappa shape index (κ1) is 22.5. The number of halogens is 3. The van der Waals surface area contributed by atoms with Crippen LogP contribution in [0.1, 0.15) is 31.4 Å². The molecule has 3 nitrogen and oxygen atoms in total. The quantitative estimate of drug-likeness (QED) is 0.395. The van der Waals surface area contributed by atoms with Crippen molar-refractivity contribution in [1.29, 1.82) is 0 Å². The number of hydrogen-bond acceptors (Lipinski definition) is 3. The Hall–Kier alpha value is -0.780. The summed E-state index contributed by atoms with van der Waals surface area (Å²) in [6.07, 6.45) is 1.13. The summed E-state index contributed by atoms with van der Waals surface area (Å²) in [5.41, 5.74) is 2.12. The van der Waals surface area contributed by atoms with Crippen molar-refractivity contribution in [2.75, 3.05) is 26.2 Å². The molecule has 0 saturated heterocycles. The van der Waals surface area contributed by atoms with Crippen LogP contribution in [0.4, 0.5) is 0 Å². The van der Waals surface area contributed by atoms with Crippen molar-refractivity contribution in [2.45, 2.75) is 33.4 Å². The van der Waals surface area contributed by atoms with E-state index in [4.69, 9.17) is 27.9 Å². The van der Waals surface area contributed by atoms with Gasteiger partial charge in [0.25, 0.3) is 0 Å². The Morgan fingerprint density at radius 1 is 1.04 bits per heavy atom. The predicted octanol–water partition coefficient (Wildman–Crippen LogP) is 6.16. The van der Waals surface area contributed by atoms with Gasteiger partial charge in [-0.05, 0) is 68.5 Å². The molecular weight excluding hydrogens is 447 g/mol. The summed E-state index contributed by atoms with van der Waals surface area (Å²) >= 11 is 15.6. The number of nitrogens with zero attached hydrogens (tertiary/aromatic N) is 1. The fourth-order valence-corrected chi connectivity index (χ4v) is 3.54. The summed E-state index contributed by atoms with van der Waals surface area (Å²) < 4.78 is 7.08. The highest BCUT2D eigenvalue weighted by atomic mass is 79.9. The molecule has 0 radical (unpaired) electrons. The van der Waals surface area contributed by atoms with Crippen LogP contribution in [0.25, 0.3) is 0 Å². The first-order chi connectivity index (χ1) is 13.0. The Kier molecular flexibility index (Phi) is 9.94. The monoisotopic (exact) mass is 472 g/mol. The van der Waals surface area contributed by atoms with Gasteiger partial charge in [-0.1, -0.05) is 59.0 Å². The van der Waals surface area contributed by atoms with Crippen molar-refractivity contribution < 1.29 is 4.74 Å². The second kappa shape index (κ2) is 11.9. The summed E-state index contributed by atoms with van der Waals surface area (Å²) in [5.74, 6) is 0.875. The lowest BCUT2D eigenvalue weighted by atomic mass is 10.2. The number of hydrogen-bond donors (Lipinski definition) is 1. The molecule has 0 bridgehead atoms. The van der Waals surface area contributed by atoms with Crippen LogP contribution >= 0.6 is 39.1 Å². The minimum absolute atomic E-state index is 0.452. The molecule has 27 heavy (non-hydrogen) atoms. The Morgan fingerprint density at radius 2 is 1.81 bits per heavy atom. The van der Waals surface area contributed by atoms with Gasteiger partial charge in [-0.2, -0.15) is 0 Å². The Balaban J connectivity index is 1.88. The molecule has 0 aliphatic rings. The van der Waals surface area contributed by atoms with Gasteiger partial charge in [-0.3, -0.25) is 0 Å². The Morgan fingerprint density at radius 3 is 2.52 bits per heavy atom. The van der Waals surface area contributed by atoms with Gasteiger partial charge in [-0.25, -0.2) is 0 Å². The van der Waals surface area contributed by atoms with Crippen molar-refractivity contribution in [3.8, 4) is 5.75 Å². The average molecular weight is 474 g/mol. The third-order valence-corrected chi connectivity index (χ3v) is 5.67. The Bertz CT molecular complexity index is 723. The molecule has 0 unspecified atom stereocenters. The fourth-order valence-electron chi connectivity index (χ4n) is 2.81. The lowest BCUT2D eigenvalue weighted by molar-refractivity contribution is 0.295. The zero-order valence-corrected chi connectivity index (χ0v) is 19.0. The third kappa shape index (κ3) is 7.63. The van der Waals surface area contributed by atoms with Gasteiger partial charge in [0.15, 0.2) is 0 Å². The van der Waals surface area contributed by atoms with E-state index in [-0.39, 0.29) is 0 Å². The first-order valence-corrected chi connectivity index (χ1v) is 10.9. The minimum atomic E-state index is 0.452. The number of benzene rings is 2. The summed E-state index contributed by atoms with van der Waals surface area (Å²) in [6, 6.07) is 11.7. The highest BCUT2D eigenvalue weighted by Gasteiger charge is 2.07. The van der Waals surface area contributed by atoms with E-state index in [1.807, 2.05) is 24.3 Å². The van der Waals surface area contributed by atoms with Crippen molar-refractivity contribution in [2.24, 2.45) is 0 Å². The topological polar surface area (TPSA) is 24.5 Å². The van der Waals surface area contributed by atoms with E-state index in [0.717, 1.165) is 60.5 Å². The smallest absolute Gasteiger partial charge is 0.124 e. The van der Waals surface area contributed by atoms with Crippen molar-refractivity contribution in [1.82, 2.24) is 10.2 Å². The van der Waals surface area contributed by atoms with Crippen molar-refractivity contribution >= 4 is 39.1 Å². The predicted molar refractivity (Wildman–Crippen MR) is 119 cm³/mol. The van der Waals surface area contributed by atoms with Crippen LogP contribution in [0.3, 0.4) is 0 Å². The molecule has 6 heteroatoms. The van der Waals surface area contributed by atoms with E-state index in [1.165, 1.54) is 0 Å². The van der Waals surface area contributed by atoms with E-state index in [2.05, 4.69) is 46.1 Å². The van der Waals surface area contributed by atoms with Crippen LogP contribution in [-0.2, 0) is 13.2 Å². The lowest BCUT2D eigenvalue weighted by Crippen LogP contribution is -2.27. The van der Waals surface area contributed by atoms with Gasteiger partial charge in [0.05, 0.1) is 10.0 Å². The largest absolute Gasteiger partial charge is 0.489 e. The third-order valence-electron chi connectivity index (χ3n) is 4.44. The molecule has 0 atom stereocenters. The maximum Gasteiger partial charge on any atom is 0.124 e. The molecule has 2 aromatic carbocycles. The zero-order valence-electron chi connectivity index (χ0n) is 15.9. The normalized spacial score (nSPS) is 11.2. The zero-order chi connectivity index (χ0) is 19.6. The molecule has 0 spiro atoms. The van der Waals surface area contributed by atoms with Crippen LogP contribution in [-0.4, -0.2) is 31.1 Å². The molecule has 1 N–H and O–H groups in total. The number of nitrogens with one attached hydrogen (secondary N) is 1. The molecule has 0 saturated carbocycles. The van der Waals surface area contributed by atoms with Crippen LogP contribution in [0.15, 0.2) is 40.9 Å². The van der Waals surface area contributed by atoms with Gasteiger partial charge in [0, 0.05) is 16.6 Å². The van der Waals surface area contributed by atoms with Crippen LogP contribution in [0.2, 0.25) is 10.0 Å². The lowest BCUT2D eigenvalue weighted by Gasteiger charge is -2.18. The molecule has 0 aromatic heterocycles. The maximum atomic E-state index is 6.08. The second-order valence-electron chi connectivity index (χ2n) is 6.35. The van der Waals surface area contributed by atoms with E-state index in [0.29, 0.717) is 16.7 Å². The van der Waals surface area contributed by atoms with Gasteiger partial charge in [0.1, 0.15) is 12.4 Å². The van der Waals surface area contributed by atoms with E-state index in [9.17, 15) is 0 Å².